The van der Waals surface area contributed by atoms with Crippen LogP contribution in [0.3, 0.4) is 0 Å². The molecule has 19 heavy (non-hydrogen) atoms. The molecule has 1 aromatic carbocycles. The summed E-state index contributed by atoms with van der Waals surface area (Å²) in [5, 5.41) is 14.3. The first-order valence-electron chi connectivity index (χ1n) is 6.23. The first-order valence-corrected chi connectivity index (χ1v) is 7.78. The number of nitrogen functional groups attached to an aromatic ring is 1. The van der Waals surface area contributed by atoms with Crippen LogP contribution in [0.2, 0.25) is 0 Å². The van der Waals surface area contributed by atoms with Gasteiger partial charge in [0.05, 0.1) is 22.9 Å². The molecule has 0 radical (unpaired) electrons. The predicted octanol–water partition coefficient (Wildman–Crippen LogP) is 0.267. The summed E-state index contributed by atoms with van der Waals surface area (Å²) in [6.45, 7) is 0.429. The van der Waals surface area contributed by atoms with Gasteiger partial charge >= 0.3 is 0 Å². The van der Waals surface area contributed by atoms with Crippen molar-refractivity contribution in [2.24, 2.45) is 5.14 Å². The zero-order valence-corrected chi connectivity index (χ0v) is 11.4. The number of benzene rings is 1. The van der Waals surface area contributed by atoms with Crippen molar-refractivity contribution >= 4 is 21.4 Å². The van der Waals surface area contributed by atoms with Crippen LogP contribution in [0.5, 0.6) is 0 Å². The minimum Gasteiger partial charge on any atom is -0.397 e. The lowest BCUT2D eigenvalue weighted by atomic mass is 9.91. The molecule has 1 aromatic rings. The quantitative estimate of drug-likeness (QED) is 0.673. The number of anilines is 2. The minimum absolute atomic E-state index is 0.00442. The lowest BCUT2D eigenvalue weighted by molar-refractivity contribution is 0.283. The molecule has 2 rings (SSSR count). The third-order valence-corrected chi connectivity index (χ3v) is 4.41. The molecular weight excluding hydrogens is 266 g/mol. The van der Waals surface area contributed by atoms with Crippen molar-refractivity contribution in [2.45, 2.75) is 30.2 Å². The molecule has 0 aromatic heterocycles. The maximum Gasteiger partial charge on any atom is 0.238 e. The Kier molecular flexibility index (Phi) is 3.98. The van der Waals surface area contributed by atoms with Crippen LogP contribution in [0.25, 0.3) is 0 Å². The van der Waals surface area contributed by atoms with Crippen LogP contribution < -0.4 is 15.8 Å². The van der Waals surface area contributed by atoms with Crippen molar-refractivity contribution in [3.05, 3.63) is 18.2 Å². The highest BCUT2D eigenvalue weighted by Crippen LogP contribution is 2.33. The Bertz CT molecular complexity index is 555. The summed E-state index contributed by atoms with van der Waals surface area (Å²) in [7, 11) is -3.75. The van der Waals surface area contributed by atoms with E-state index in [-0.39, 0.29) is 11.5 Å². The lowest BCUT2D eigenvalue weighted by Gasteiger charge is -2.39. The maximum atomic E-state index is 11.4. The van der Waals surface area contributed by atoms with Gasteiger partial charge in [0.1, 0.15) is 0 Å². The predicted molar refractivity (Wildman–Crippen MR) is 74.3 cm³/mol. The molecule has 0 bridgehead atoms. The Morgan fingerprint density at radius 1 is 1.37 bits per heavy atom. The second kappa shape index (κ2) is 5.36. The summed E-state index contributed by atoms with van der Waals surface area (Å²) >= 11 is 0. The fourth-order valence-electron chi connectivity index (χ4n) is 2.26. The lowest BCUT2D eigenvalue weighted by Crippen LogP contribution is -2.42. The molecule has 1 aliphatic rings. The molecule has 1 fully saturated rings. The van der Waals surface area contributed by atoms with Crippen LogP contribution >= 0.6 is 0 Å². The molecule has 0 unspecified atom stereocenters. The molecule has 7 heteroatoms. The van der Waals surface area contributed by atoms with Crippen molar-refractivity contribution in [3.8, 4) is 0 Å². The molecule has 1 aliphatic carbocycles. The molecule has 6 nitrogen and oxygen atoms in total. The average molecular weight is 285 g/mol. The summed E-state index contributed by atoms with van der Waals surface area (Å²) in [4.78, 5) is 2.01. The highest BCUT2D eigenvalue weighted by atomic mass is 32.2. The normalized spacial score (nSPS) is 16.1. The number of aliphatic hydroxyl groups is 1. The Balaban J connectivity index is 2.40. The Hall–Kier alpha value is -1.31. The maximum absolute atomic E-state index is 11.4. The summed E-state index contributed by atoms with van der Waals surface area (Å²) in [6.07, 6.45) is 3.19. The molecule has 106 valence electrons. The van der Waals surface area contributed by atoms with Crippen molar-refractivity contribution in [3.63, 3.8) is 0 Å². The molecule has 0 spiro atoms. The van der Waals surface area contributed by atoms with Gasteiger partial charge in [-0.25, -0.2) is 13.6 Å². The topological polar surface area (TPSA) is 110 Å². The number of hydrogen-bond acceptors (Lipinski definition) is 5. The number of primary sulfonamides is 1. The second-order valence-electron chi connectivity index (χ2n) is 4.77. The Labute approximate surface area is 113 Å². The first kappa shape index (κ1) is 14.1. The average Bonchev–Trinajstić information content (AvgIpc) is 2.25. The molecule has 0 atom stereocenters. The summed E-state index contributed by atoms with van der Waals surface area (Å²) in [6, 6.07) is 4.73. The van der Waals surface area contributed by atoms with Gasteiger partial charge in [-0.3, -0.25) is 0 Å². The van der Waals surface area contributed by atoms with Crippen LogP contribution in [-0.4, -0.2) is 32.7 Å². The smallest absolute Gasteiger partial charge is 0.238 e. The van der Waals surface area contributed by atoms with Gasteiger partial charge in [0.25, 0.3) is 0 Å². The van der Waals surface area contributed by atoms with Crippen LogP contribution in [0.1, 0.15) is 19.3 Å². The number of aliphatic hydroxyl groups excluding tert-OH is 1. The summed E-state index contributed by atoms with van der Waals surface area (Å²) < 4.78 is 22.8. The minimum atomic E-state index is -3.75. The third kappa shape index (κ3) is 2.99. The highest BCUT2D eigenvalue weighted by molar-refractivity contribution is 7.89. The van der Waals surface area contributed by atoms with E-state index in [1.807, 2.05) is 4.90 Å². The van der Waals surface area contributed by atoms with E-state index < -0.39 is 10.0 Å². The Morgan fingerprint density at radius 2 is 2.05 bits per heavy atom. The highest BCUT2D eigenvalue weighted by Gasteiger charge is 2.26. The van der Waals surface area contributed by atoms with Gasteiger partial charge in [0.2, 0.25) is 10.0 Å². The molecule has 0 amide bonds. The van der Waals surface area contributed by atoms with E-state index in [2.05, 4.69) is 0 Å². The van der Waals surface area contributed by atoms with Gasteiger partial charge in [-0.05, 0) is 37.5 Å². The third-order valence-electron chi connectivity index (χ3n) is 3.50. The van der Waals surface area contributed by atoms with Crippen molar-refractivity contribution in [1.82, 2.24) is 0 Å². The first-order chi connectivity index (χ1) is 8.93. The number of hydrogen-bond donors (Lipinski definition) is 3. The van der Waals surface area contributed by atoms with E-state index in [0.717, 1.165) is 19.3 Å². The molecule has 0 saturated heterocycles. The van der Waals surface area contributed by atoms with Gasteiger partial charge < -0.3 is 15.7 Å². The molecule has 5 N–H and O–H groups in total. The second-order valence-corrected chi connectivity index (χ2v) is 6.33. The Morgan fingerprint density at radius 3 is 2.53 bits per heavy atom. The van der Waals surface area contributed by atoms with Crippen LogP contribution in [-0.2, 0) is 10.0 Å². The molecule has 0 aliphatic heterocycles. The van der Waals surface area contributed by atoms with Gasteiger partial charge in [-0.2, -0.15) is 0 Å². The fourth-order valence-corrected chi connectivity index (χ4v) is 2.79. The fraction of sp³-hybridized carbons (Fsp3) is 0.500. The van der Waals surface area contributed by atoms with Crippen molar-refractivity contribution < 1.29 is 13.5 Å². The van der Waals surface area contributed by atoms with E-state index in [1.165, 1.54) is 18.2 Å². The van der Waals surface area contributed by atoms with Crippen LogP contribution in [0.4, 0.5) is 11.4 Å². The number of sulfonamides is 1. The van der Waals surface area contributed by atoms with E-state index >= 15 is 0 Å². The summed E-state index contributed by atoms with van der Waals surface area (Å²) in [5.74, 6) is 0. The van der Waals surface area contributed by atoms with Gasteiger partial charge in [-0.1, -0.05) is 0 Å². The number of nitrogens with zero attached hydrogens (tertiary/aromatic N) is 1. The van der Waals surface area contributed by atoms with E-state index in [9.17, 15) is 8.42 Å². The summed E-state index contributed by atoms with van der Waals surface area (Å²) in [5.41, 5.74) is 7.04. The van der Waals surface area contributed by atoms with Crippen molar-refractivity contribution in [2.75, 3.05) is 23.8 Å². The van der Waals surface area contributed by atoms with Gasteiger partial charge in [0, 0.05) is 12.6 Å². The molecular formula is C12H19N3O3S. The standard InChI is InChI=1S/C12H19N3O3S/c13-11-5-4-10(19(14,17)18)8-12(11)15(6-7-16)9-2-1-3-9/h4-5,8-9,16H,1-3,6-7,13H2,(H2,14,17,18). The van der Waals surface area contributed by atoms with Gasteiger partial charge in [-0.15, -0.1) is 0 Å². The largest absolute Gasteiger partial charge is 0.397 e. The monoisotopic (exact) mass is 285 g/mol. The molecule has 0 heterocycles. The molecule has 1 saturated carbocycles. The number of rotatable bonds is 5. The zero-order chi connectivity index (χ0) is 14.0. The van der Waals surface area contributed by atoms with Crippen molar-refractivity contribution in [1.29, 1.82) is 0 Å². The van der Waals surface area contributed by atoms with Gasteiger partial charge in [0.15, 0.2) is 0 Å². The zero-order valence-electron chi connectivity index (χ0n) is 10.6. The van der Waals surface area contributed by atoms with Crippen LogP contribution in [0.15, 0.2) is 23.1 Å². The van der Waals surface area contributed by atoms with Crippen LogP contribution in [0, 0.1) is 0 Å². The van der Waals surface area contributed by atoms with E-state index in [4.69, 9.17) is 16.0 Å². The SMILES string of the molecule is Nc1ccc(S(N)(=O)=O)cc1N(CCO)C1CCC1. The van der Waals surface area contributed by atoms with E-state index in [1.54, 1.807) is 0 Å². The number of nitrogens with two attached hydrogens (primary N) is 2. The van der Waals surface area contributed by atoms with E-state index in [0.29, 0.717) is 24.0 Å².